The average molecular weight is 453 g/mol. The molecule has 0 radical (unpaired) electrons. The van der Waals surface area contributed by atoms with E-state index in [4.69, 9.17) is 10.2 Å². The molecule has 0 unspecified atom stereocenters. The van der Waals surface area contributed by atoms with Gasteiger partial charge in [-0.3, -0.25) is 0 Å². The summed E-state index contributed by atoms with van der Waals surface area (Å²) in [6.07, 6.45) is 4.17. The maximum Gasteiger partial charge on any atom is 0.0694 e. The summed E-state index contributed by atoms with van der Waals surface area (Å²) in [5, 5.41) is 10.2. The molecule has 176 valence electrons. The molecule has 4 aromatic rings. The fraction of sp³-hybridized carbons (Fsp3) is 0.400. The first-order valence-corrected chi connectivity index (χ1v) is 12.2. The highest BCUT2D eigenvalue weighted by molar-refractivity contribution is 5.46. The van der Waals surface area contributed by atoms with Crippen molar-refractivity contribution in [3.05, 3.63) is 95.6 Å². The molecule has 0 fully saturated rings. The van der Waals surface area contributed by atoms with Gasteiger partial charge < -0.3 is 0 Å². The minimum Gasteiger partial charge on any atom is -0.241 e. The van der Waals surface area contributed by atoms with Gasteiger partial charge in [-0.25, -0.2) is 9.36 Å². The first kappa shape index (κ1) is 22.6. The molecule has 34 heavy (non-hydrogen) atoms. The van der Waals surface area contributed by atoms with Gasteiger partial charge in [-0.15, -0.1) is 0 Å². The fourth-order valence-electron chi connectivity index (χ4n) is 5.04. The molecule has 0 atom stereocenters. The van der Waals surface area contributed by atoms with E-state index >= 15 is 0 Å². The van der Waals surface area contributed by atoms with Gasteiger partial charge in [-0.05, 0) is 58.4 Å². The summed E-state index contributed by atoms with van der Waals surface area (Å²) in [7, 11) is 0. The molecule has 3 heterocycles. The second-order valence-electron chi connectivity index (χ2n) is 11.9. The van der Waals surface area contributed by atoms with Gasteiger partial charge in [0.15, 0.2) is 0 Å². The Bertz CT molecular complexity index is 1260. The lowest BCUT2D eigenvalue weighted by molar-refractivity contribution is 0.286. The molecule has 1 aliphatic heterocycles. The number of benzene rings is 2. The van der Waals surface area contributed by atoms with E-state index in [9.17, 15) is 0 Å². The van der Waals surface area contributed by atoms with E-state index in [0.29, 0.717) is 0 Å². The van der Waals surface area contributed by atoms with E-state index < -0.39 is 0 Å². The van der Waals surface area contributed by atoms with E-state index in [1.54, 1.807) is 0 Å². The Kier molecular flexibility index (Phi) is 4.78. The molecule has 0 N–H and O–H groups in total. The number of fused-ring (bicyclic) bond motifs is 10. The Morgan fingerprint density at radius 1 is 0.500 bits per heavy atom. The van der Waals surface area contributed by atoms with E-state index in [0.717, 1.165) is 22.8 Å². The topological polar surface area (TPSA) is 35.6 Å². The first-order valence-electron chi connectivity index (χ1n) is 12.2. The number of hydrogen-bond donors (Lipinski definition) is 0. The highest BCUT2D eigenvalue weighted by Gasteiger charge is 2.44. The summed E-state index contributed by atoms with van der Waals surface area (Å²) in [6, 6.07) is 22.0. The summed E-state index contributed by atoms with van der Waals surface area (Å²) < 4.78 is 4.04. The Balaban J connectivity index is 1.80. The van der Waals surface area contributed by atoms with Crippen LogP contribution in [0.4, 0.5) is 0 Å². The molecule has 0 spiro atoms. The van der Waals surface area contributed by atoms with Gasteiger partial charge in [0.1, 0.15) is 0 Å². The number of nitrogens with zero attached hydrogens (tertiary/aromatic N) is 4. The van der Waals surface area contributed by atoms with Crippen molar-refractivity contribution in [2.45, 2.75) is 77.0 Å². The molecule has 4 nitrogen and oxygen atoms in total. The van der Waals surface area contributed by atoms with Gasteiger partial charge >= 0.3 is 0 Å². The Labute approximate surface area is 203 Å². The minimum atomic E-state index is -0.227. The van der Waals surface area contributed by atoms with Crippen LogP contribution in [-0.2, 0) is 21.7 Å². The van der Waals surface area contributed by atoms with Gasteiger partial charge in [-0.2, -0.15) is 10.2 Å². The van der Waals surface area contributed by atoms with Gasteiger partial charge in [-0.1, -0.05) is 79.7 Å². The molecule has 2 aromatic carbocycles. The predicted octanol–water partition coefficient (Wildman–Crippen LogP) is 6.88. The minimum absolute atomic E-state index is 0.120. The van der Waals surface area contributed by atoms with Crippen LogP contribution in [0.15, 0.2) is 73.1 Å². The largest absolute Gasteiger partial charge is 0.241 e. The van der Waals surface area contributed by atoms with Gasteiger partial charge in [0, 0.05) is 23.2 Å². The summed E-state index contributed by atoms with van der Waals surface area (Å²) in [4.78, 5) is 0. The summed E-state index contributed by atoms with van der Waals surface area (Å²) >= 11 is 0. The molecule has 0 saturated carbocycles. The van der Waals surface area contributed by atoms with Crippen molar-refractivity contribution < 1.29 is 0 Å². The van der Waals surface area contributed by atoms with Crippen molar-refractivity contribution in [2.24, 2.45) is 0 Å². The maximum absolute atomic E-state index is 5.08. The SMILES string of the molecule is CC1(C)c2cccc(c2)-n2ccc(n2)C(C)(C)C(C)(C)c2ccn(n2)-c2cccc(c2)C1(C)C. The third-order valence-corrected chi connectivity index (χ3v) is 9.25. The Morgan fingerprint density at radius 3 is 1.26 bits per heavy atom. The molecule has 8 bridgehead atoms. The monoisotopic (exact) mass is 452 g/mol. The summed E-state index contributed by atoms with van der Waals surface area (Å²) in [5.74, 6) is 0. The maximum atomic E-state index is 5.08. The quantitative estimate of drug-likeness (QED) is 0.291. The Hall–Kier alpha value is -3.14. The zero-order valence-corrected chi connectivity index (χ0v) is 21.7. The van der Waals surface area contributed by atoms with Gasteiger partial charge in [0.05, 0.1) is 22.8 Å². The lowest BCUT2D eigenvalue weighted by Gasteiger charge is -2.43. The molecular formula is C30H36N4. The van der Waals surface area contributed by atoms with Gasteiger partial charge in [0.25, 0.3) is 0 Å². The van der Waals surface area contributed by atoms with E-state index in [2.05, 4.69) is 128 Å². The van der Waals surface area contributed by atoms with Crippen molar-refractivity contribution in [1.29, 1.82) is 0 Å². The molecule has 0 aliphatic carbocycles. The normalized spacial score (nSPS) is 19.5. The van der Waals surface area contributed by atoms with Crippen molar-refractivity contribution in [2.75, 3.05) is 0 Å². The zero-order chi connectivity index (χ0) is 24.5. The standard InChI is InChI=1S/C30H36N4/c1-27(2)21-11-9-13-23(19-21)33-17-15-25(31-33)29(5,6)30(7,8)26-16-18-34(32-26)24-14-10-12-22(20-24)28(27,3)4/h9-20H,1-8H3. The van der Waals surface area contributed by atoms with Crippen molar-refractivity contribution in [3.63, 3.8) is 0 Å². The van der Waals surface area contributed by atoms with Crippen molar-refractivity contribution in [3.8, 4) is 11.4 Å². The number of aromatic nitrogens is 4. The smallest absolute Gasteiger partial charge is 0.0694 e. The van der Waals surface area contributed by atoms with Crippen LogP contribution in [0.2, 0.25) is 0 Å². The summed E-state index contributed by atoms with van der Waals surface area (Å²) in [5.41, 5.74) is 6.20. The highest BCUT2D eigenvalue weighted by atomic mass is 15.3. The van der Waals surface area contributed by atoms with Crippen molar-refractivity contribution >= 4 is 0 Å². The second-order valence-corrected chi connectivity index (χ2v) is 11.9. The number of hydrogen-bond acceptors (Lipinski definition) is 2. The van der Waals surface area contributed by atoms with Crippen LogP contribution in [0.25, 0.3) is 11.4 Å². The average Bonchev–Trinajstić information content (AvgIpc) is 3.49. The van der Waals surface area contributed by atoms with Crippen LogP contribution in [0.5, 0.6) is 0 Å². The fourth-order valence-corrected chi connectivity index (χ4v) is 5.04. The lowest BCUT2D eigenvalue weighted by Crippen LogP contribution is -2.41. The van der Waals surface area contributed by atoms with Crippen molar-refractivity contribution in [1.82, 2.24) is 19.6 Å². The van der Waals surface area contributed by atoms with E-state index in [-0.39, 0.29) is 21.7 Å². The van der Waals surface area contributed by atoms with Gasteiger partial charge in [0.2, 0.25) is 0 Å². The zero-order valence-electron chi connectivity index (χ0n) is 21.7. The van der Waals surface area contributed by atoms with Crippen LogP contribution in [0.3, 0.4) is 0 Å². The van der Waals surface area contributed by atoms with E-state index in [1.165, 1.54) is 11.1 Å². The second kappa shape index (κ2) is 7.18. The molecule has 2 aromatic heterocycles. The highest BCUT2D eigenvalue weighted by Crippen LogP contribution is 2.45. The predicted molar refractivity (Wildman–Crippen MR) is 139 cm³/mol. The Morgan fingerprint density at radius 2 is 0.882 bits per heavy atom. The number of rotatable bonds is 0. The third-order valence-electron chi connectivity index (χ3n) is 9.25. The third kappa shape index (κ3) is 3.11. The van der Waals surface area contributed by atoms with Crippen LogP contribution in [0, 0.1) is 0 Å². The molecular weight excluding hydrogens is 416 g/mol. The molecule has 4 heteroatoms. The van der Waals surface area contributed by atoms with Crippen LogP contribution in [-0.4, -0.2) is 19.6 Å². The molecule has 0 saturated heterocycles. The molecule has 5 rings (SSSR count). The molecule has 0 amide bonds. The van der Waals surface area contributed by atoms with Crippen LogP contribution >= 0.6 is 0 Å². The van der Waals surface area contributed by atoms with E-state index in [1.807, 2.05) is 9.36 Å². The van der Waals surface area contributed by atoms with Crippen LogP contribution < -0.4 is 0 Å². The lowest BCUT2D eigenvalue weighted by atomic mass is 9.61. The molecule has 1 aliphatic rings. The summed E-state index contributed by atoms with van der Waals surface area (Å²) in [6.45, 7) is 18.4. The first-order chi connectivity index (χ1) is 15.9. The van der Waals surface area contributed by atoms with Crippen LogP contribution in [0.1, 0.15) is 77.9 Å².